The Labute approximate surface area is 120 Å². The van der Waals surface area contributed by atoms with Crippen molar-refractivity contribution in [1.82, 2.24) is 5.43 Å². The first kappa shape index (κ1) is 14.2. The highest BCUT2D eigenvalue weighted by Gasteiger charge is 2.16. The summed E-state index contributed by atoms with van der Waals surface area (Å²) >= 11 is 3.50. The summed E-state index contributed by atoms with van der Waals surface area (Å²) in [5.74, 6) is 5.44. The molecule has 0 amide bonds. The third-order valence-corrected chi connectivity index (χ3v) is 4.18. The summed E-state index contributed by atoms with van der Waals surface area (Å²) < 4.78 is 14.7. The highest BCUT2D eigenvalue weighted by Crippen LogP contribution is 2.29. The molecule has 0 aliphatic rings. The van der Waals surface area contributed by atoms with Gasteiger partial charge in [-0.25, -0.2) is 9.82 Å². The molecule has 100 valence electrons. The highest BCUT2D eigenvalue weighted by atomic mass is 79.9. The molecular formula is C15H16BrFN2. The van der Waals surface area contributed by atoms with Crippen molar-refractivity contribution in [2.24, 2.45) is 5.84 Å². The van der Waals surface area contributed by atoms with Gasteiger partial charge in [0.25, 0.3) is 0 Å². The first-order valence-corrected chi connectivity index (χ1v) is 6.81. The van der Waals surface area contributed by atoms with E-state index in [2.05, 4.69) is 21.4 Å². The predicted molar refractivity (Wildman–Crippen MR) is 79.2 cm³/mol. The van der Waals surface area contributed by atoms with Crippen molar-refractivity contribution in [2.75, 3.05) is 0 Å². The topological polar surface area (TPSA) is 38.0 Å². The van der Waals surface area contributed by atoms with E-state index in [1.807, 2.05) is 31.2 Å². The van der Waals surface area contributed by atoms with Gasteiger partial charge in [0.1, 0.15) is 5.82 Å². The van der Waals surface area contributed by atoms with E-state index >= 15 is 0 Å². The van der Waals surface area contributed by atoms with E-state index in [0.717, 1.165) is 21.2 Å². The van der Waals surface area contributed by atoms with Crippen LogP contribution in [0.3, 0.4) is 0 Å². The van der Waals surface area contributed by atoms with Crippen molar-refractivity contribution in [3.8, 4) is 0 Å². The Bertz CT molecular complexity index is 599. The van der Waals surface area contributed by atoms with Gasteiger partial charge in [0.05, 0.1) is 6.04 Å². The molecule has 1 unspecified atom stereocenters. The zero-order chi connectivity index (χ0) is 14.0. The first-order chi connectivity index (χ1) is 9.04. The third-order valence-electron chi connectivity index (χ3n) is 3.32. The van der Waals surface area contributed by atoms with Crippen molar-refractivity contribution in [1.29, 1.82) is 0 Å². The van der Waals surface area contributed by atoms with Gasteiger partial charge in [-0.3, -0.25) is 5.84 Å². The smallest absolute Gasteiger partial charge is 0.126 e. The van der Waals surface area contributed by atoms with Crippen LogP contribution in [0.15, 0.2) is 40.9 Å². The summed E-state index contributed by atoms with van der Waals surface area (Å²) in [4.78, 5) is 0. The van der Waals surface area contributed by atoms with Gasteiger partial charge in [-0.05, 0) is 48.2 Å². The summed E-state index contributed by atoms with van der Waals surface area (Å²) in [5, 5.41) is 0. The van der Waals surface area contributed by atoms with Crippen molar-refractivity contribution in [2.45, 2.75) is 19.9 Å². The van der Waals surface area contributed by atoms with Crippen molar-refractivity contribution < 1.29 is 4.39 Å². The largest absolute Gasteiger partial charge is 0.271 e. The Hall–Kier alpha value is -1.23. The van der Waals surface area contributed by atoms with Crippen LogP contribution in [0, 0.1) is 19.7 Å². The van der Waals surface area contributed by atoms with Crippen molar-refractivity contribution in [3.05, 3.63) is 68.9 Å². The molecule has 0 radical (unpaired) electrons. The normalized spacial score (nSPS) is 12.5. The number of nitrogens with two attached hydrogens (primary N) is 1. The summed E-state index contributed by atoms with van der Waals surface area (Å²) in [6.07, 6.45) is 0. The lowest BCUT2D eigenvalue weighted by atomic mass is 9.95. The molecule has 2 rings (SSSR count). The molecule has 2 aromatic rings. The highest BCUT2D eigenvalue weighted by molar-refractivity contribution is 9.10. The molecule has 1 atom stereocenters. The molecule has 0 spiro atoms. The van der Waals surface area contributed by atoms with Crippen LogP contribution in [0.5, 0.6) is 0 Å². The molecule has 0 saturated carbocycles. The van der Waals surface area contributed by atoms with E-state index in [-0.39, 0.29) is 11.9 Å². The van der Waals surface area contributed by atoms with E-state index in [1.165, 1.54) is 6.07 Å². The second-order valence-corrected chi connectivity index (χ2v) is 5.42. The van der Waals surface area contributed by atoms with E-state index in [0.29, 0.717) is 5.56 Å². The number of hydrogen-bond acceptors (Lipinski definition) is 2. The maximum atomic E-state index is 13.7. The number of rotatable bonds is 3. The molecule has 0 fully saturated rings. The molecule has 0 aromatic heterocycles. The summed E-state index contributed by atoms with van der Waals surface area (Å²) in [6, 6.07) is 10.9. The fraction of sp³-hybridized carbons (Fsp3) is 0.200. The minimum absolute atomic E-state index is 0.217. The van der Waals surface area contributed by atoms with Gasteiger partial charge in [0.15, 0.2) is 0 Å². The molecule has 0 aliphatic carbocycles. The molecule has 19 heavy (non-hydrogen) atoms. The molecule has 4 heteroatoms. The number of benzene rings is 2. The lowest BCUT2D eigenvalue weighted by molar-refractivity contribution is 0.598. The number of nitrogens with one attached hydrogen (secondary N) is 1. The average Bonchev–Trinajstić information content (AvgIpc) is 2.39. The van der Waals surface area contributed by atoms with Gasteiger partial charge in [0, 0.05) is 4.47 Å². The predicted octanol–water partition coefficient (Wildman–Crippen LogP) is 3.76. The quantitative estimate of drug-likeness (QED) is 0.667. The zero-order valence-corrected chi connectivity index (χ0v) is 12.5. The lowest BCUT2D eigenvalue weighted by Crippen LogP contribution is -2.29. The molecule has 2 aromatic carbocycles. The van der Waals surface area contributed by atoms with Gasteiger partial charge in [-0.1, -0.05) is 40.2 Å². The maximum Gasteiger partial charge on any atom is 0.126 e. The van der Waals surface area contributed by atoms with Crippen LogP contribution >= 0.6 is 15.9 Å². The second-order valence-electron chi connectivity index (χ2n) is 4.56. The molecule has 0 aliphatic heterocycles. The Balaban J connectivity index is 2.50. The minimum atomic E-state index is -0.229. The average molecular weight is 323 g/mol. The number of aryl methyl sites for hydroxylation is 1. The fourth-order valence-corrected chi connectivity index (χ4v) is 2.47. The number of hydrazine groups is 1. The van der Waals surface area contributed by atoms with Crippen LogP contribution in [0.1, 0.15) is 28.3 Å². The number of hydrogen-bond donors (Lipinski definition) is 2. The summed E-state index contributed by atoms with van der Waals surface area (Å²) in [7, 11) is 0. The molecule has 0 saturated heterocycles. The van der Waals surface area contributed by atoms with Crippen LogP contribution in [-0.2, 0) is 0 Å². The standard InChI is InChI=1S/C15H16BrFN2/c1-9-6-7-11(8-14(9)17)15(19-18)12-4-3-5-13(16)10(12)2/h3-8,15,19H,18H2,1-2H3. The Morgan fingerprint density at radius 1 is 1.21 bits per heavy atom. The fourth-order valence-electron chi connectivity index (χ4n) is 2.09. The van der Waals surface area contributed by atoms with Gasteiger partial charge < -0.3 is 0 Å². The van der Waals surface area contributed by atoms with Crippen LogP contribution in [0.4, 0.5) is 4.39 Å². The minimum Gasteiger partial charge on any atom is -0.271 e. The Morgan fingerprint density at radius 2 is 1.95 bits per heavy atom. The molecule has 3 N–H and O–H groups in total. The molecule has 2 nitrogen and oxygen atoms in total. The lowest BCUT2D eigenvalue weighted by Gasteiger charge is -2.20. The van der Waals surface area contributed by atoms with Crippen molar-refractivity contribution >= 4 is 15.9 Å². The Morgan fingerprint density at radius 3 is 2.58 bits per heavy atom. The van der Waals surface area contributed by atoms with Crippen LogP contribution < -0.4 is 11.3 Å². The first-order valence-electron chi connectivity index (χ1n) is 6.01. The van der Waals surface area contributed by atoms with Gasteiger partial charge >= 0.3 is 0 Å². The molecular weight excluding hydrogens is 307 g/mol. The zero-order valence-electron chi connectivity index (χ0n) is 10.9. The van der Waals surface area contributed by atoms with E-state index in [4.69, 9.17) is 5.84 Å². The SMILES string of the molecule is Cc1ccc(C(NN)c2cccc(Br)c2C)cc1F. The number of halogens is 2. The van der Waals surface area contributed by atoms with Crippen LogP contribution in [0.25, 0.3) is 0 Å². The summed E-state index contributed by atoms with van der Waals surface area (Å²) in [6.45, 7) is 3.75. The van der Waals surface area contributed by atoms with Gasteiger partial charge in [-0.15, -0.1) is 0 Å². The van der Waals surface area contributed by atoms with Crippen molar-refractivity contribution in [3.63, 3.8) is 0 Å². The summed E-state index contributed by atoms with van der Waals surface area (Å²) in [5.41, 5.74) is 6.32. The Kier molecular flexibility index (Phi) is 4.34. The third kappa shape index (κ3) is 2.86. The second kappa shape index (κ2) is 5.82. The molecule has 0 heterocycles. The van der Waals surface area contributed by atoms with E-state index < -0.39 is 0 Å². The molecule has 0 bridgehead atoms. The maximum absolute atomic E-state index is 13.7. The van der Waals surface area contributed by atoms with Gasteiger partial charge in [0.2, 0.25) is 0 Å². The van der Waals surface area contributed by atoms with Gasteiger partial charge in [-0.2, -0.15) is 0 Å². The van der Waals surface area contributed by atoms with E-state index in [1.54, 1.807) is 13.0 Å². The van der Waals surface area contributed by atoms with Crippen LogP contribution in [-0.4, -0.2) is 0 Å². The monoisotopic (exact) mass is 322 g/mol. The van der Waals surface area contributed by atoms with E-state index in [9.17, 15) is 4.39 Å². The van der Waals surface area contributed by atoms with Crippen LogP contribution in [0.2, 0.25) is 0 Å².